The van der Waals surface area contributed by atoms with E-state index < -0.39 is 29.0 Å². The van der Waals surface area contributed by atoms with Gasteiger partial charge in [-0.3, -0.25) is 9.69 Å². The Morgan fingerprint density at radius 2 is 2.09 bits per heavy atom. The van der Waals surface area contributed by atoms with Crippen molar-refractivity contribution in [2.45, 2.75) is 67.7 Å². The van der Waals surface area contributed by atoms with Gasteiger partial charge in [-0.15, -0.1) is 0 Å². The van der Waals surface area contributed by atoms with E-state index in [-0.39, 0.29) is 17.8 Å². The third kappa shape index (κ3) is 2.89. The molecule has 2 aliphatic heterocycles. The van der Waals surface area contributed by atoms with Crippen molar-refractivity contribution in [3.63, 3.8) is 0 Å². The van der Waals surface area contributed by atoms with Crippen LogP contribution in [-0.4, -0.2) is 71.0 Å². The number of piperidine rings is 1. The lowest BCUT2D eigenvalue weighted by Gasteiger charge is -2.64. The maximum atomic E-state index is 12.6. The van der Waals surface area contributed by atoms with E-state index in [9.17, 15) is 19.8 Å². The zero-order valence-corrected chi connectivity index (χ0v) is 18.8. The number of carbonyl (C=O) groups is 2. The Bertz CT molecular complexity index is 1050. The summed E-state index contributed by atoms with van der Waals surface area (Å²) in [6, 6.07) is 3.29. The summed E-state index contributed by atoms with van der Waals surface area (Å²) in [5.41, 5.74) is 0.390. The molecule has 6 rings (SSSR count). The van der Waals surface area contributed by atoms with Crippen molar-refractivity contribution in [2.24, 2.45) is 5.92 Å². The molecular formula is C25H30N2O6. The molecule has 1 aromatic rings. The van der Waals surface area contributed by atoms with Crippen LogP contribution in [0.3, 0.4) is 0 Å². The van der Waals surface area contributed by atoms with Gasteiger partial charge in [0.05, 0.1) is 24.2 Å². The van der Waals surface area contributed by atoms with E-state index in [1.165, 1.54) is 20.0 Å². The van der Waals surface area contributed by atoms with E-state index >= 15 is 0 Å². The van der Waals surface area contributed by atoms with Crippen molar-refractivity contribution in [1.29, 1.82) is 0 Å². The number of aliphatic hydroxyl groups is 1. The van der Waals surface area contributed by atoms with Crippen LogP contribution >= 0.6 is 0 Å². The van der Waals surface area contributed by atoms with Gasteiger partial charge in [0.2, 0.25) is 5.91 Å². The minimum absolute atomic E-state index is 0.00295. The number of amides is 1. The van der Waals surface area contributed by atoms with Crippen LogP contribution in [-0.2, 0) is 26.2 Å². The highest BCUT2D eigenvalue weighted by Crippen LogP contribution is 2.65. The zero-order valence-electron chi connectivity index (χ0n) is 18.8. The second-order valence-corrected chi connectivity index (χ2v) is 10.3. The van der Waals surface area contributed by atoms with Crippen molar-refractivity contribution in [1.82, 2.24) is 10.2 Å². The quantitative estimate of drug-likeness (QED) is 0.453. The van der Waals surface area contributed by atoms with Crippen LogP contribution in [0.1, 0.15) is 43.2 Å². The third-order valence-electron chi connectivity index (χ3n) is 8.66. The predicted octanol–water partition coefficient (Wildman–Crippen LogP) is 1.17. The first-order valence-corrected chi connectivity index (χ1v) is 11.9. The Morgan fingerprint density at radius 3 is 2.85 bits per heavy atom. The number of rotatable bonds is 5. The number of hydrogen-bond acceptors (Lipinski definition) is 7. The van der Waals surface area contributed by atoms with Gasteiger partial charge in [0.1, 0.15) is 6.10 Å². The van der Waals surface area contributed by atoms with Crippen LogP contribution in [0.2, 0.25) is 0 Å². The Balaban J connectivity index is 1.38. The molecule has 3 fully saturated rings. The molecule has 2 saturated carbocycles. The smallest absolute Gasteiger partial charge is 0.330 e. The molecular weight excluding hydrogens is 424 g/mol. The standard InChI is InChI=1S/C25H30N2O6/c1-32-20(30)7-6-19(29)26-16-8-9-25(31)18-12-15-4-5-17(28)22-21(15)24(25,23(16)33-22)10-11-27(18)13-14-2-3-14/h4-7,14,16,18,23,28,31H,2-3,8-13H2,1H3,(H,26,29)/b7-6+/t16-,18-,23+,24?,25-/m1/s1. The molecule has 0 radical (unpaired) electrons. The maximum absolute atomic E-state index is 12.6. The maximum Gasteiger partial charge on any atom is 0.330 e. The fraction of sp³-hybridized carbons (Fsp3) is 0.600. The minimum atomic E-state index is -0.986. The van der Waals surface area contributed by atoms with Crippen LogP contribution < -0.4 is 10.1 Å². The summed E-state index contributed by atoms with van der Waals surface area (Å²) < 4.78 is 11.0. The van der Waals surface area contributed by atoms with Gasteiger partial charge in [-0.05, 0) is 62.6 Å². The molecule has 5 aliphatic rings. The Morgan fingerprint density at radius 1 is 1.27 bits per heavy atom. The highest BCUT2D eigenvalue weighted by molar-refractivity contribution is 5.94. The molecule has 3 aliphatic carbocycles. The van der Waals surface area contributed by atoms with Crippen LogP contribution in [0.15, 0.2) is 24.3 Å². The molecule has 0 aromatic heterocycles. The van der Waals surface area contributed by atoms with Crippen molar-refractivity contribution in [3.8, 4) is 11.5 Å². The summed E-state index contributed by atoms with van der Waals surface area (Å²) in [5, 5.41) is 26.0. The Labute approximate surface area is 192 Å². The fourth-order valence-electron chi connectivity index (χ4n) is 7.07. The first-order chi connectivity index (χ1) is 15.9. The number of esters is 1. The lowest BCUT2D eigenvalue weighted by molar-refractivity contribution is -0.192. The van der Waals surface area contributed by atoms with Crippen molar-refractivity contribution >= 4 is 11.9 Å². The number of aromatic hydroxyl groups is 1. The monoisotopic (exact) mass is 454 g/mol. The number of phenolic OH excluding ortho intramolecular Hbond substituents is 1. The molecule has 1 saturated heterocycles. The SMILES string of the molecule is COC(=O)/C=C/C(=O)N[C@@H]1CC[C@@]2(O)[C@H]3Cc4ccc(O)c5c4C2(CCN3CC2CC2)[C@H]1O5. The third-order valence-corrected chi connectivity index (χ3v) is 8.66. The second-order valence-electron chi connectivity index (χ2n) is 10.3. The van der Waals surface area contributed by atoms with Crippen molar-refractivity contribution in [3.05, 3.63) is 35.4 Å². The van der Waals surface area contributed by atoms with Gasteiger partial charge in [-0.1, -0.05) is 6.07 Å². The topological polar surface area (TPSA) is 108 Å². The van der Waals surface area contributed by atoms with E-state index in [2.05, 4.69) is 15.0 Å². The Hall–Kier alpha value is -2.58. The molecule has 1 amide bonds. The van der Waals surface area contributed by atoms with Crippen molar-refractivity contribution < 1.29 is 29.3 Å². The molecule has 1 aromatic carbocycles. The van der Waals surface area contributed by atoms with E-state index in [0.29, 0.717) is 25.0 Å². The van der Waals surface area contributed by atoms with E-state index in [0.717, 1.165) is 48.7 Å². The molecule has 176 valence electrons. The number of nitrogens with zero attached hydrogens (tertiary/aromatic N) is 1. The van der Waals surface area contributed by atoms with E-state index in [1.807, 2.05) is 6.07 Å². The molecule has 5 atom stereocenters. The molecule has 33 heavy (non-hydrogen) atoms. The highest BCUT2D eigenvalue weighted by atomic mass is 16.5. The van der Waals surface area contributed by atoms with Gasteiger partial charge >= 0.3 is 5.97 Å². The first-order valence-electron chi connectivity index (χ1n) is 11.9. The number of hydrogen-bond donors (Lipinski definition) is 3. The number of likely N-dealkylation sites (tertiary alicyclic amines) is 1. The fourth-order valence-corrected chi connectivity index (χ4v) is 7.07. The highest BCUT2D eigenvalue weighted by Gasteiger charge is 2.73. The molecule has 1 spiro atoms. The number of methoxy groups -OCH3 is 1. The molecule has 1 unspecified atom stereocenters. The summed E-state index contributed by atoms with van der Waals surface area (Å²) in [7, 11) is 1.26. The lowest BCUT2D eigenvalue weighted by atomic mass is 9.48. The normalized spacial score (nSPS) is 36.2. The average Bonchev–Trinajstić information content (AvgIpc) is 3.54. The number of carbonyl (C=O) groups excluding carboxylic acids is 2. The van der Waals surface area contributed by atoms with Gasteiger partial charge in [-0.2, -0.15) is 0 Å². The van der Waals surface area contributed by atoms with Gasteiger partial charge in [0, 0.05) is 30.3 Å². The summed E-state index contributed by atoms with van der Waals surface area (Å²) in [6.45, 7) is 1.88. The average molecular weight is 455 g/mol. The van der Waals surface area contributed by atoms with Crippen LogP contribution in [0.25, 0.3) is 0 Å². The second kappa shape index (κ2) is 7.21. The molecule has 2 heterocycles. The molecule has 3 N–H and O–H groups in total. The van der Waals surface area contributed by atoms with Crippen LogP contribution in [0.4, 0.5) is 0 Å². The summed E-state index contributed by atoms with van der Waals surface area (Å²) >= 11 is 0. The van der Waals surface area contributed by atoms with Crippen molar-refractivity contribution in [2.75, 3.05) is 20.2 Å². The minimum Gasteiger partial charge on any atom is -0.504 e. The predicted molar refractivity (Wildman–Crippen MR) is 118 cm³/mol. The largest absolute Gasteiger partial charge is 0.504 e. The molecule has 8 heteroatoms. The number of ether oxygens (including phenoxy) is 2. The molecule has 8 nitrogen and oxygen atoms in total. The van der Waals surface area contributed by atoms with Gasteiger partial charge in [-0.25, -0.2) is 4.79 Å². The molecule has 2 bridgehead atoms. The number of nitrogens with one attached hydrogen (secondary N) is 1. The zero-order chi connectivity index (χ0) is 23.0. The number of benzene rings is 1. The van der Waals surface area contributed by atoms with Crippen LogP contribution in [0.5, 0.6) is 11.5 Å². The van der Waals surface area contributed by atoms with Gasteiger partial charge < -0.3 is 25.0 Å². The van der Waals surface area contributed by atoms with E-state index in [4.69, 9.17) is 4.74 Å². The summed E-state index contributed by atoms with van der Waals surface area (Å²) in [6.07, 6.45) is 6.84. The number of phenols is 1. The Kier molecular flexibility index (Phi) is 4.58. The van der Waals surface area contributed by atoms with Crippen LogP contribution in [0, 0.1) is 5.92 Å². The first kappa shape index (κ1) is 21.0. The lowest BCUT2D eigenvalue weighted by Crippen LogP contribution is -2.78. The van der Waals surface area contributed by atoms with Gasteiger partial charge in [0.25, 0.3) is 0 Å². The summed E-state index contributed by atoms with van der Waals surface area (Å²) in [5.74, 6) is 0.256. The van der Waals surface area contributed by atoms with Gasteiger partial charge in [0.15, 0.2) is 11.5 Å². The van der Waals surface area contributed by atoms with E-state index in [1.54, 1.807) is 6.07 Å². The summed E-state index contributed by atoms with van der Waals surface area (Å²) in [4.78, 5) is 26.4.